The third kappa shape index (κ3) is 3.28. The fraction of sp³-hybridized carbons (Fsp3) is 0.448. The summed E-state index contributed by atoms with van der Waals surface area (Å²) in [6.45, 7) is 1.42. The molecule has 0 radical (unpaired) electrons. The highest BCUT2D eigenvalue weighted by molar-refractivity contribution is 6.35. The molecule has 2 aliphatic carbocycles. The van der Waals surface area contributed by atoms with Crippen molar-refractivity contribution in [1.29, 1.82) is 0 Å². The molecule has 5 nitrogen and oxygen atoms in total. The van der Waals surface area contributed by atoms with Gasteiger partial charge in [-0.15, -0.1) is 0 Å². The van der Waals surface area contributed by atoms with Gasteiger partial charge in [-0.05, 0) is 55.0 Å². The molecule has 1 aromatic heterocycles. The lowest BCUT2D eigenvalue weighted by molar-refractivity contribution is -0.171. The maximum absolute atomic E-state index is 13.1. The second kappa shape index (κ2) is 8.02. The van der Waals surface area contributed by atoms with Crippen molar-refractivity contribution in [3.8, 4) is 5.69 Å². The number of aromatic nitrogens is 2. The number of allylic oxidation sites excluding steroid dienone is 1. The van der Waals surface area contributed by atoms with E-state index in [1.807, 2.05) is 12.1 Å². The molecule has 2 spiro atoms. The summed E-state index contributed by atoms with van der Waals surface area (Å²) in [6.07, 6.45) is 11.8. The van der Waals surface area contributed by atoms with Crippen molar-refractivity contribution < 1.29 is 9.47 Å². The second-order valence-corrected chi connectivity index (χ2v) is 10.9. The van der Waals surface area contributed by atoms with E-state index in [0.29, 0.717) is 23.6 Å². The number of benzene rings is 2. The molecule has 0 atom stereocenters. The Morgan fingerprint density at radius 3 is 2.51 bits per heavy atom. The molecular weight excluding hydrogens is 460 g/mol. The molecule has 35 heavy (non-hydrogen) atoms. The normalized spacial score (nSPS) is 22.0. The molecule has 1 saturated heterocycles. The van der Waals surface area contributed by atoms with Crippen LogP contribution in [-0.4, -0.2) is 28.6 Å². The van der Waals surface area contributed by atoms with E-state index in [2.05, 4.69) is 28.8 Å². The summed E-state index contributed by atoms with van der Waals surface area (Å²) >= 11 is 6.50. The van der Waals surface area contributed by atoms with Gasteiger partial charge in [0.2, 0.25) is 0 Å². The first-order chi connectivity index (χ1) is 17.1. The molecule has 6 heteroatoms. The van der Waals surface area contributed by atoms with Crippen LogP contribution < -0.4 is 5.56 Å². The number of ether oxygens (including phenoxy) is 2. The standard InChI is InChI=1S/C29H29ClN2O3/c30-22-5-4-6-23-25(22)26(33)31-27-28(11-2-1-3-12-28)21-8-7-20(18-24(21)32(23)27)17-19-9-13-29(14-10-19)34-15-16-35-29/h4-8,17-18H,1-3,9-16H2. The van der Waals surface area contributed by atoms with Crippen molar-refractivity contribution >= 4 is 28.6 Å². The number of halogens is 1. The summed E-state index contributed by atoms with van der Waals surface area (Å²) in [4.78, 5) is 17.8. The zero-order valence-corrected chi connectivity index (χ0v) is 20.6. The van der Waals surface area contributed by atoms with Crippen LogP contribution in [0.5, 0.6) is 0 Å². The molecule has 3 aromatic rings. The molecule has 0 N–H and O–H groups in total. The van der Waals surface area contributed by atoms with Crippen LogP contribution in [-0.2, 0) is 14.9 Å². The van der Waals surface area contributed by atoms with Gasteiger partial charge in [0.1, 0.15) is 5.82 Å². The van der Waals surface area contributed by atoms with Crippen LogP contribution in [0.3, 0.4) is 0 Å². The van der Waals surface area contributed by atoms with Crippen LogP contribution in [0, 0.1) is 0 Å². The van der Waals surface area contributed by atoms with Gasteiger partial charge in [-0.2, -0.15) is 4.98 Å². The monoisotopic (exact) mass is 488 g/mol. The first-order valence-electron chi connectivity index (χ1n) is 12.9. The molecule has 7 rings (SSSR count). The first-order valence-corrected chi connectivity index (χ1v) is 13.3. The van der Waals surface area contributed by atoms with Crippen molar-refractivity contribution in [2.24, 2.45) is 0 Å². The quantitative estimate of drug-likeness (QED) is 0.403. The van der Waals surface area contributed by atoms with E-state index >= 15 is 0 Å². The van der Waals surface area contributed by atoms with E-state index in [9.17, 15) is 4.79 Å². The minimum Gasteiger partial charge on any atom is -0.348 e. The van der Waals surface area contributed by atoms with Crippen molar-refractivity contribution in [3.63, 3.8) is 0 Å². The Morgan fingerprint density at radius 2 is 1.74 bits per heavy atom. The number of nitrogens with zero attached hydrogens (tertiary/aromatic N) is 2. The van der Waals surface area contributed by atoms with E-state index in [0.717, 1.165) is 68.4 Å². The lowest BCUT2D eigenvalue weighted by Crippen LogP contribution is -2.33. The third-order valence-corrected chi connectivity index (χ3v) is 8.93. The smallest absolute Gasteiger partial charge is 0.282 e. The zero-order valence-electron chi connectivity index (χ0n) is 19.8. The van der Waals surface area contributed by atoms with Crippen LogP contribution in [0.2, 0.25) is 5.02 Å². The summed E-state index contributed by atoms with van der Waals surface area (Å²) in [7, 11) is 0. The fourth-order valence-corrected chi connectivity index (χ4v) is 7.16. The average Bonchev–Trinajstić information content (AvgIpc) is 3.43. The fourth-order valence-electron chi connectivity index (χ4n) is 6.91. The Morgan fingerprint density at radius 1 is 0.971 bits per heavy atom. The third-order valence-electron chi connectivity index (χ3n) is 8.62. The lowest BCUT2D eigenvalue weighted by atomic mass is 9.69. The molecule has 180 valence electrons. The van der Waals surface area contributed by atoms with Crippen molar-refractivity contribution in [2.45, 2.75) is 69.0 Å². The van der Waals surface area contributed by atoms with Gasteiger partial charge in [0.25, 0.3) is 5.56 Å². The summed E-state index contributed by atoms with van der Waals surface area (Å²) in [5, 5.41) is 0.974. The predicted molar refractivity (Wildman–Crippen MR) is 137 cm³/mol. The van der Waals surface area contributed by atoms with E-state index in [4.69, 9.17) is 26.1 Å². The largest absolute Gasteiger partial charge is 0.348 e. The molecular formula is C29H29ClN2O3. The van der Waals surface area contributed by atoms with Crippen LogP contribution in [0.1, 0.15) is 74.7 Å². The SMILES string of the molecule is O=c1nc2n(c3cccc(Cl)c13)-c1cc(C=C3CCC4(CC3)OCCO4)ccc1C21CCCCC1. The van der Waals surface area contributed by atoms with Crippen LogP contribution in [0.25, 0.3) is 22.7 Å². The highest BCUT2D eigenvalue weighted by atomic mass is 35.5. The van der Waals surface area contributed by atoms with Gasteiger partial charge < -0.3 is 9.47 Å². The van der Waals surface area contributed by atoms with Crippen molar-refractivity contribution in [1.82, 2.24) is 9.55 Å². The summed E-state index contributed by atoms with van der Waals surface area (Å²) in [5.74, 6) is 0.545. The molecule has 2 aliphatic heterocycles. The van der Waals surface area contributed by atoms with Gasteiger partial charge in [-0.3, -0.25) is 9.36 Å². The highest BCUT2D eigenvalue weighted by Crippen LogP contribution is 2.52. The first kappa shape index (κ1) is 21.8. The Bertz CT molecular complexity index is 1420. The number of rotatable bonds is 1. The number of hydrogen-bond acceptors (Lipinski definition) is 4. The average molecular weight is 489 g/mol. The maximum Gasteiger partial charge on any atom is 0.282 e. The van der Waals surface area contributed by atoms with E-state index < -0.39 is 0 Å². The Kier molecular flexibility index (Phi) is 4.99. The molecule has 3 heterocycles. The van der Waals surface area contributed by atoms with Crippen LogP contribution in [0.4, 0.5) is 0 Å². The second-order valence-electron chi connectivity index (χ2n) is 10.5. The molecule has 2 aromatic carbocycles. The van der Waals surface area contributed by atoms with Crippen LogP contribution in [0.15, 0.2) is 46.8 Å². The van der Waals surface area contributed by atoms with Crippen molar-refractivity contribution in [2.75, 3.05) is 13.2 Å². The predicted octanol–water partition coefficient (Wildman–Crippen LogP) is 6.30. The number of fused-ring (bicyclic) bond motifs is 7. The van der Waals surface area contributed by atoms with Crippen LogP contribution >= 0.6 is 11.6 Å². The van der Waals surface area contributed by atoms with E-state index in [1.54, 1.807) is 6.07 Å². The summed E-state index contributed by atoms with van der Waals surface area (Å²) in [5.41, 5.74) is 5.52. The van der Waals surface area contributed by atoms with Gasteiger partial charge in [-0.25, -0.2) is 0 Å². The number of hydrogen-bond donors (Lipinski definition) is 0. The topological polar surface area (TPSA) is 53.4 Å². The lowest BCUT2D eigenvalue weighted by Gasteiger charge is -2.33. The molecule has 0 amide bonds. The van der Waals surface area contributed by atoms with Gasteiger partial charge in [0, 0.05) is 12.8 Å². The summed E-state index contributed by atoms with van der Waals surface area (Å²) < 4.78 is 14.0. The molecule has 4 aliphatic rings. The highest BCUT2D eigenvalue weighted by Gasteiger charge is 2.46. The zero-order chi connectivity index (χ0) is 23.6. The Hall–Kier alpha value is -2.47. The Balaban J connectivity index is 1.36. The summed E-state index contributed by atoms with van der Waals surface area (Å²) in [6, 6.07) is 12.5. The molecule has 0 bridgehead atoms. The minimum absolute atomic E-state index is 0.191. The van der Waals surface area contributed by atoms with Gasteiger partial charge >= 0.3 is 0 Å². The van der Waals surface area contributed by atoms with Gasteiger partial charge in [0.15, 0.2) is 5.79 Å². The molecule has 0 unspecified atom stereocenters. The van der Waals surface area contributed by atoms with E-state index in [1.165, 1.54) is 23.1 Å². The molecule has 3 fully saturated rings. The molecule has 2 saturated carbocycles. The maximum atomic E-state index is 13.1. The minimum atomic E-state index is -0.350. The van der Waals surface area contributed by atoms with E-state index in [-0.39, 0.29) is 16.8 Å². The van der Waals surface area contributed by atoms with Gasteiger partial charge in [0.05, 0.1) is 40.2 Å². The van der Waals surface area contributed by atoms with Gasteiger partial charge in [-0.1, -0.05) is 60.7 Å². The Labute approximate surface area is 209 Å². The van der Waals surface area contributed by atoms with Crippen molar-refractivity contribution in [3.05, 3.63) is 74.3 Å².